The fourth-order valence-electron chi connectivity index (χ4n) is 3.98. The summed E-state index contributed by atoms with van der Waals surface area (Å²) in [5, 5.41) is 8.07. The lowest BCUT2D eigenvalue weighted by Gasteiger charge is -2.28. The minimum Gasteiger partial charge on any atom is -0.497 e. The molecule has 0 spiro atoms. The van der Waals surface area contributed by atoms with Gasteiger partial charge in [0, 0.05) is 12.1 Å². The van der Waals surface area contributed by atoms with Crippen molar-refractivity contribution >= 4 is 40.4 Å². The zero-order valence-corrected chi connectivity index (χ0v) is 19.9. The second-order valence-corrected chi connectivity index (χ2v) is 9.22. The van der Waals surface area contributed by atoms with Gasteiger partial charge < -0.3 is 15.4 Å². The van der Waals surface area contributed by atoms with Crippen LogP contribution in [0.3, 0.4) is 0 Å². The summed E-state index contributed by atoms with van der Waals surface area (Å²) in [6.07, 6.45) is 2.32. The van der Waals surface area contributed by atoms with Crippen molar-refractivity contribution < 1.29 is 14.3 Å². The number of methoxy groups -OCH3 is 1. The Kier molecular flexibility index (Phi) is 7.65. The number of halogens is 1. The highest BCUT2D eigenvalue weighted by Gasteiger charge is 2.24. The summed E-state index contributed by atoms with van der Waals surface area (Å²) in [6, 6.07) is 16.5. The van der Waals surface area contributed by atoms with Crippen LogP contribution in [0.2, 0.25) is 5.02 Å². The Balaban J connectivity index is 1.46. The quantitative estimate of drug-likeness (QED) is 0.460. The van der Waals surface area contributed by atoms with Gasteiger partial charge in [-0.05, 0) is 73.3 Å². The molecule has 0 bridgehead atoms. The van der Waals surface area contributed by atoms with E-state index in [4.69, 9.17) is 16.3 Å². The standard InChI is InChI=1S/C25H26ClN3O3S/c1-32-19-9-6-17(7-10-19)22(29-12-2-3-13-29)16-27-24(30)18-8-11-20(26)21(15-18)28-25(31)23-5-4-14-33-23/h4-11,14-15,22H,2-3,12-13,16H2,1H3,(H,27,30)(H,28,31)/t22-/m0/s1. The van der Waals surface area contributed by atoms with Crippen molar-refractivity contribution in [3.63, 3.8) is 0 Å². The van der Waals surface area contributed by atoms with Gasteiger partial charge >= 0.3 is 0 Å². The molecule has 2 aromatic carbocycles. The van der Waals surface area contributed by atoms with Crippen LogP contribution in [0.5, 0.6) is 5.75 Å². The second kappa shape index (κ2) is 10.8. The molecule has 1 aliphatic heterocycles. The number of benzene rings is 2. The van der Waals surface area contributed by atoms with Gasteiger partial charge in [-0.3, -0.25) is 14.5 Å². The number of thiophene rings is 1. The van der Waals surface area contributed by atoms with Crippen LogP contribution in [0.25, 0.3) is 0 Å². The van der Waals surface area contributed by atoms with Crippen molar-refractivity contribution in [1.29, 1.82) is 0 Å². The van der Waals surface area contributed by atoms with E-state index >= 15 is 0 Å². The van der Waals surface area contributed by atoms with E-state index < -0.39 is 0 Å². The third-order valence-corrected chi connectivity index (χ3v) is 6.96. The second-order valence-electron chi connectivity index (χ2n) is 7.87. The molecule has 1 fully saturated rings. The number of carbonyl (C=O) groups is 2. The van der Waals surface area contributed by atoms with E-state index in [1.165, 1.54) is 11.3 Å². The first kappa shape index (κ1) is 23.3. The molecule has 1 aliphatic rings. The van der Waals surface area contributed by atoms with Gasteiger partial charge in [0.15, 0.2) is 0 Å². The topological polar surface area (TPSA) is 70.7 Å². The van der Waals surface area contributed by atoms with Crippen LogP contribution in [-0.4, -0.2) is 43.5 Å². The lowest BCUT2D eigenvalue weighted by Crippen LogP contribution is -2.36. The van der Waals surface area contributed by atoms with Gasteiger partial charge in [-0.15, -0.1) is 11.3 Å². The van der Waals surface area contributed by atoms with Crippen LogP contribution < -0.4 is 15.4 Å². The summed E-state index contributed by atoms with van der Waals surface area (Å²) >= 11 is 7.61. The summed E-state index contributed by atoms with van der Waals surface area (Å²) in [6.45, 7) is 2.49. The monoisotopic (exact) mass is 483 g/mol. The minimum atomic E-state index is -0.252. The number of amides is 2. The number of nitrogens with zero attached hydrogens (tertiary/aromatic N) is 1. The lowest BCUT2D eigenvalue weighted by molar-refractivity contribution is 0.0936. The fraction of sp³-hybridized carbons (Fsp3) is 0.280. The molecule has 4 rings (SSSR count). The highest BCUT2D eigenvalue weighted by Crippen LogP contribution is 2.27. The molecule has 1 aromatic heterocycles. The molecule has 1 atom stereocenters. The molecule has 1 saturated heterocycles. The largest absolute Gasteiger partial charge is 0.497 e. The van der Waals surface area contributed by atoms with Gasteiger partial charge in [0.25, 0.3) is 11.8 Å². The maximum absolute atomic E-state index is 13.0. The number of hydrogen-bond acceptors (Lipinski definition) is 5. The Morgan fingerprint density at radius 2 is 1.85 bits per heavy atom. The minimum absolute atomic E-state index is 0.0765. The molecule has 6 nitrogen and oxygen atoms in total. The number of carbonyl (C=O) groups excluding carboxylic acids is 2. The molecule has 172 valence electrons. The van der Waals surface area contributed by atoms with Crippen LogP contribution >= 0.6 is 22.9 Å². The van der Waals surface area contributed by atoms with Crippen LogP contribution in [0.4, 0.5) is 5.69 Å². The zero-order valence-electron chi connectivity index (χ0n) is 18.3. The number of rotatable bonds is 8. The summed E-state index contributed by atoms with van der Waals surface area (Å²) in [4.78, 5) is 28.3. The SMILES string of the molecule is COc1ccc([C@H](CNC(=O)c2ccc(Cl)c(NC(=O)c3cccs3)c2)N2CCCC2)cc1. The molecule has 33 heavy (non-hydrogen) atoms. The maximum atomic E-state index is 13.0. The molecule has 2 amide bonds. The Morgan fingerprint density at radius 1 is 1.09 bits per heavy atom. The Morgan fingerprint density at radius 3 is 2.52 bits per heavy atom. The van der Waals surface area contributed by atoms with Crippen LogP contribution in [0, 0.1) is 0 Å². The van der Waals surface area contributed by atoms with E-state index in [9.17, 15) is 9.59 Å². The van der Waals surface area contributed by atoms with E-state index in [0.717, 1.165) is 37.2 Å². The molecule has 3 aromatic rings. The molecule has 0 aliphatic carbocycles. The van der Waals surface area contributed by atoms with E-state index in [0.29, 0.717) is 27.7 Å². The Labute approximate surface area is 202 Å². The predicted octanol–water partition coefficient (Wildman–Crippen LogP) is 5.23. The van der Waals surface area contributed by atoms with E-state index in [1.807, 2.05) is 23.6 Å². The third kappa shape index (κ3) is 5.74. The first-order valence-corrected chi connectivity index (χ1v) is 12.1. The predicted molar refractivity (Wildman–Crippen MR) is 133 cm³/mol. The number of ether oxygens (including phenoxy) is 1. The van der Waals surface area contributed by atoms with E-state index in [-0.39, 0.29) is 17.9 Å². The van der Waals surface area contributed by atoms with Gasteiger partial charge in [-0.25, -0.2) is 0 Å². The highest BCUT2D eigenvalue weighted by molar-refractivity contribution is 7.12. The smallest absolute Gasteiger partial charge is 0.265 e. The first-order valence-electron chi connectivity index (χ1n) is 10.9. The van der Waals surface area contributed by atoms with Gasteiger partial charge in [0.1, 0.15) is 5.75 Å². The normalized spacial score (nSPS) is 14.6. The molecule has 8 heteroatoms. The number of nitrogens with one attached hydrogen (secondary N) is 2. The third-order valence-electron chi connectivity index (χ3n) is 5.76. The van der Waals surface area contributed by atoms with E-state index in [2.05, 4.69) is 27.7 Å². The average molecular weight is 484 g/mol. The summed E-state index contributed by atoms with van der Waals surface area (Å²) in [5.74, 6) is 0.343. The van der Waals surface area contributed by atoms with Crippen LogP contribution in [0.15, 0.2) is 60.0 Å². The average Bonchev–Trinajstić information content (AvgIpc) is 3.56. The van der Waals surface area contributed by atoms with Crippen molar-refractivity contribution in [2.24, 2.45) is 0 Å². The Hall–Kier alpha value is -2.87. The molecule has 2 N–H and O–H groups in total. The fourth-order valence-corrected chi connectivity index (χ4v) is 4.77. The Bertz CT molecular complexity index is 1100. The number of hydrogen-bond donors (Lipinski definition) is 2. The molecular formula is C25H26ClN3O3S. The van der Waals surface area contributed by atoms with Gasteiger partial charge in [-0.2, -0.15) is 0 Å². The summed E-state index contributed by atoms with van der Waals surface area (Å²) in [5.41, 5.74) is 1.99. The molecule has 2 heterocycles. The summed E-state index contributed by atoms with van der Waals surface area (Å²) in [7, 11) is 1.65. The molecule has 0 unspecified atom stereocenters. The van der Waals surface area contributed by atoms with Crippen molar-refractivity contribution in [3.05, 3.63) is 81.0 Å². The van der Waals surface area contributed by atoms with Crippen LogP contribution in [0.1, 0.15) is 44.5 Å². The van der Waals surface area contributed by atoms with Crippen molar-refractivity contribution in [1.82, 2.24) is 10.2 Å². The first-order chi connectivity index (χ1) is 16.0. The van der Waals surface area contributed by atoms with E-state index in [1.54, 1.807) is 31.4 Å². The van der Waals surface area contributed by atoms with Crippen molar-refractivity contribution in [2.75, 3.05) is 32.1 Å². The number of likely N-dealkylation sites (tertiary alicyclic amines) is 1. The van der Waals surface area contributed by atoms with Crippen molar-refractivity contribution in [2.45, 2.75) is 18.9 Å². The highest BCUT2D eigenvalue weighted by atomic mass is 35.5. The van der Waals surface area contributed by atoms with Gasteiger partial charge in [0.05, 0.1) is 28.7 Å². The van der Waals surface area contributed by atoms with Gasteiger partial charge in [-0.1, -0.05) is 29.8 Å². The molecule has 0 radical (unpaired) electrons. The molecular weight excluding hydrogens is 458 g/mol. The lowest BCUT2D eigenvalue weighted by atomic mass is 10.0. The van der Waals surface area contributed by atoms with Gasteiger partial charge in [0.2, 0.25) is 0 Å². The maximum Gasteiger partial charge on any atom is 0.265 e. The molecule has 0 saturated carbocycles. The zero-order chi connectivity index (χ0) is 23.2. The van der Waals surface area contributed by atoms with Crippen molar-refractivity contribution in [3.8, 4) is 5.75 Å². The van der Waals surface area contributed by atoms with Crippen LogP contribution in [-0.2, 0) is 0 Å². The summed E-state index contributed by atoms with van der Waals surface area (Å²) < 4.78 is 5.28. The number of anilines is 1.